The lowest BCUT2D eigenvalue weighted by Gasteiger charge is -1.97. The molecule has 1 aromatic carbocycles. The summed E-state index contributed by atoms with van der Waals surface area (Å²) in [4.78, 5) is 10.5. The van der Waals surface area contributed by atoms with Crippen molar-refractivity contribution in [1.29, 1.82) is 0 Å². The molecule has 78 valence electrons. The van der Waals surface area contributed by atoms with E-state index in [2.05, 4.69) is 30.5 Å². The summed E-state index contributed by atoms with van der Waals surface area (Å²) in [6, 6.07) is 6.29. The summed E-state index contributed by atoms with van der Waals surface area (Å²) in [7, 11) is 0. The molecule has 0 unspecified atom stereocenters. The lowest BCUT2D eigenvalue weighted by atomic mass is 10.1. The van der Waals surface area contributed by atoms with Crippen LogP contribution in [-0.2, 0) is 11.2 Å². The molecule has 0 aliphatic rings. The molecule has 2 nitrogen and oxygen atoms in total. The zero-order valence-electron chi connectivity index (χ0n) is 8.49. The van der Waals surface area contributed by atoms with Crippen molar-refractivity contribution >= 4 is 27.4 Å². The smallest absolute Gasteiger partial charge is 0.303 e. The third-order valence-electron chi connectivity index (χ3n) is 2.42. The van der Waals surface area contributed by atoms with Gasteiger partial charge in [-0.3, -0.25) is 4.79 Å². The van der Waals surface area contributed by atoms with Gasteiger partial charge in [-0.1, -0.05) is 12.1 Å². The van der Waals surface area contributed by atoms with Gasteiger partial charge in [-0.05, 0) is 41.3 Å². The molecule has 2 rings (SSSR count). The lowest BCUT2D eigenvalue weighted by Crippen LogP contribution is -1.96. The molecule has 15 heavy (non-hydrogen) atoms. The van der Waals surface area contributed by atoms with Crippen molar-refractivity contribution in [1.82, 2.24) is 0 Å². The molecular formula is C12H12O2S. The Hall–Kier alpha value is -1.35. The number of benzene rings is 1. The number of aliphatic carboxylic acids is 1. The summed E-state index contributed by atoms with van der Waals surface area (Å²) in [5.41, 5.74) is 2.39. The van der Waals surface area contributed by atoms with Crippen LogP contribution in [0.1, 0.15) is 17.5 Å². The molecule has 0 aliphatic carbocycles. The van der Waals surface area contributed by atoms with Crippen LogP contribution < -0.4 is 0 Å². The van der Waals surface area contributed by atoms with Crippen molar-refractivity contribution < 1.29 is 9.90 Å². The van der Waals surface area contributed by atoms with Crippen LogP contribution in [0.3, 0.4) is 0 Å². The molecule has 1 N–H and O–H groups in total. The Balaban J connectivity index is 2.32. The van der Waals surface area contributed by atoms with E-state index in [1.807, 2.05) is 0 Å². The molecular weight excluding hydrogens is 208 g/mol. The third-order valence-corrected chi connectivity index (χ3v) is 3.41. The lowest BCUT2D eigenvalue weighted by molar-refractivity contribution is -0.136. The largest absolute Gasteiger partial charge is 0.481 e. The molecule has 3 heteroatoms. The SMILES string of the molecule is Cc1ccc2c(CCC(=O)O)csc2c1. The first-order chi connectivity index (χ1) is 7.16. The molecule has 2 aromatic rings. The quantitative estimate of drug-likeness (QED) is 0.862. The number of carbonyl (C=O) groups is 1. The molecule has 0 fully saturated rings. The first-order valence-corrected chi connectivity index (χ1v) is 5.73. The highest BCUT2D eigenvalue weighted by Crippen LogP contribution is 2.27. The summed E-state index contributed by atoms with van der Waals surface area (Å²) in [6.45, 7) is 2.07. The van der Waals surface area contributed by atoms with E-state index < -0.39 is 5.97 Å². The van der Waals surface area contributed by atoms with Crippen LogP contribution in [0.15, 0.2) is 23.6 Å². The second-order valence-electron chi connectivity index (χ2n) is 3.65. The topological polar surface area (TPSA) is 37.3 Å². The van der Waals surface area contributed by atoms with E-state index in [0.29, 0.717) is 6.42 Å². The second-order valence-corrected chi connectivity index (χ2v) is 4.57. The van der Waals surface area contributed by atoms with Crippen LogP contribution >= 0.6 is 11.3 Å². The normalized spacial score (nSPS) is 10.7. The van der Waals surface area contributed by atoms with Crippen molar-refractivity contribution in [2.75, 3.05) is 0 Å². The Bertz CT molecular complexity index is 499. The molecule has 1 heterocycles. The van der Waals surface area contributed by atoms with Crippen LogP contribution in [0.5, 0.6) is 0 Å². The summed E-state index contributed by atoms with van der Waals surface area (Å²) < 4.78 is 1.25. The molecule has 0 spiro atoms. The Morgan fingerprint density at radius 3 is 3.00 bits per heavy atom. The van der Waals surface area contributed by atoms with E-state index in [0.717, 1.165) is 5.56 Å². The average molecular weight is 220 g/mol. The van der Waals surface area contributed by atoms with Crippen LogP contribution in [-0.4, -0.2) is 11.1 Å². The molecule has 0 radical (unpaired) electrons. The summed E-state index contributed by atoms with van der Waals surface area (Å²) >= 11 is 1.69. The molecule has 0 saturated carbocycles. The van der Waals surface area contributed by atoms with Crippen LogP contribution in [0.2, 0.25) is 0 Å². The first-order valence-electron chi connectivity index (χ1n) is 4.85. The zero-order valence-corrected chi connectivity index (χ0v) is 9.30. The average Bonchev–Trinajstić information content (AvgIpc) is 2.57. The number of carboxylic acids is 1. The van der Waals surface area contributed by atoms with E-state index >= 15 is 0 Å². The minimum atomic E-state index is -0.735. The Morgan fingerprint density at radius 1 is 1.47 bits per heavy atom. The van der Waals surface area contributed by atoms with Gasteiger partial charge in [0.25, 0.3) is 0 Å². The van der Waals surface area contributed by atoms with Crippen molar-refractivity contribution in [3.63, 3.8) is 0 Å². The molecule has 1 aromatic heterocycles. The highest BCUT2D eigenvalue weighted by atomic mass is 32.1. The fourth-order valence-electron chi connectivity index (χ4n) is 1.63. The standard InChI is InChI=1S/C12H12O2S/c1-8-2-4-10-9(3-5-12(13)14)7-15-11(10)6-8/h2,4,6-7H,3,5H2,1H3,(H,13,14). The van der Waals surface area contributed by atoms with Crippen molar-refractivity contribution in [2.45, 2.75) is 19.8 Å². The Morgan fingerprint density at radius 2 is 2.27 bits per heavy atom. The number of fused-ring (bicyclic) bond motifs is 1. The molecule has 0 amide bonds. The van der Waals surface area contributed by atoms with Crippen molar-refractivity contribution in [3.05, 3.63) is 34.7 Å². The van der Waals surface area contributed by atoms with Gasteiger partial charge in [-0.25, -0.2) is 0 Å². The van der Waals surface area contributed by atoms with Gasteiger partial charge < -0.3 is 5.11 Å². The van der Waals surface area contributed by atoms with Gasteiger partial charge in [0.1, 0.15) is 0 Å². The van der Waals surface area contributed by atoms with Crippen molar-refractivity contribution in [2.24, 2.45) is 0 Å². The fraction of sp³-hybridized carbons (Fsp3) is 0.250. The predicted octanol–water partition coefficient (Wildman–Crippen LogP) is 3.23. The Kier molecular flexibility index (Phi) is 2.73. The van der Waals surface area contributed by atoms with E-state index in [1.165, 1.54) is 15.6 Å². The van der Waals surface area contributed by atoms with Crippen molar-refractivity contribution in [3.8, 4) is 0 Å². The van der Waals surface area contributed by atoms with E-state index in [1.54, 1.807) is 11.3 Å². The first kappa shape index (κ1) is 10.2. The number of hydrogen-bond donors (Lipinski definition) is 1. The fourth-order valence-corrected chi connectivity index (χ4v) is 2.72. The maximum absolute atomic E-state index is 10.5. The number of hydrogen-bond acceptors (Lipinski definition) is 2. The summed E-state index contributed by atoms with van der Waals surface area (Å²) in [6.07, 6.45) is 0.831. The zero-order chi connectivity index (χ0) is 10.8. The maximum Gasteiger partial charge on any atom is 0.303 e. The van der Waals surface area contributed by atoms with Crippen LogP contribution in [0.4, 0.5) is 0 Å². The number of thiophene rings is 1. The molecule has 0 atom stereocenters. The maximum atomic E-state index is 10.5. The van der Waals surface area contributed by atoms with E-state index in [4.69, 9.17) is 5.11 Å². The summed E-state index contributed by atoms with van der Waals surface area (Å²) in [5.74, 6) is -0.735. The molecule has 0 bridgehead atoms. The highest BCUT2D eigenvalue weighted by Gasteiger charge is 2.05. The van der Waals surface area contributed by atoms with Crippen LogP contribution in [0.25, 0.3) is 10.1 Å². The van der Waals surface area contributed by atoms with Gasteiger partial charge >= 0.3 is 5.97 Å². The highest BCUT2D eigenvalue weighted by molar-refractivity contribution is 7.17. The second kappa shape index (κ2) is 4.03. The Labute approximate surface area is 92.2 Å². The van der Waals surface area contributed by atoms with Gasteiger partial charge in [0.2, 0.25) is 0 Å². The minimum Gasteiger partial charge on any atom is -0.481 e. The minimum absolute atomic E-state index is 0.208. The number of rotatable bonds is 3. The summed E-state index contributed by atoms with van der Waals surface area (Å²) in [5, 5.41) is 11.9. The predicted molar refractivity (Wildman–Crippen MR) is 62.5 cm³/mol. The van der Waals surface area contributed by atoms with Gasteiger partial charge in [0.05, 0.1) is 0 Å². The van der Waals surface area contributed by atoms with Crippen LogP contribution in [0, 0.1) is 6.92 Å². The molecule has 0 saturated heterocycles. The molecule has 0 aliphatic heterocycles. The van der Waals surface area contributed by atoms with Gasteiger partial charge in [-0.2, -0.15) is 0 Å². The van der Waals surface area contributed by atoms with Gasteiger partial charge in [0, 0.05) is 11.1 Å². The van der Waals surface area contributed by atoms with E-state index in [-0.39, 0.29) is 6.42 Å². The van der Waals surface area contributed by atoms with Gasteiger partial charge in [-0.15, -0.1) is 11.3 Å². The number of carboxylic acid groups (broad SMARTS) is 1. The monoisotopic (exact) mass is 220 g/mol. The number of aryl methyl sites for hydroxylation is 2. The third kappa shape index (κ3) is 2.18. The van der Waals surface area contributed by atoms with Gasteiger partial charge in [0.15, 0.2) is 0 Å². The van der Waals surface area contributed by atoms with E-state index in [9.17, 15) is 4.79 Å².